The van der Waals surface area contributed by atoms with E-state index >= 15 is 0 Å². The van der Waals surface area contributed by atoms with Gasteiger partial charge in [0.05, 0.1) is 19.1 Å². The van der Waals surface area contributed by atoms with Crippen molar-refractivity contribution in [2.24, 2.45) is 0 Å². The van der Waals surface area contributed by atoms with Crippen molar-refractivity contribution in [2.75, 3.05) is 13.4 Å². The lowest BCUT2D eigenvalue weighted by atomic mass is 10.1. The molecule has 2 heterocycles. The first-order chi connectivity index (χ1) is 13.2. The molecule has 0 spiro atoms. The van der Waals surface area contributed by atoms with E-state index in [0.29, 0.717) is 5.02 Å². The fraction of sp³-hybridized carbons (Fsp3) is 0.100. The molecule has 4 rings (SSSR count). The molecule has 0 radical (unpaired) electrons. The van der Waals surface area contributed by atoms with Gasteiger partial charge in [-0.15, -0.1) is 11.8 Å². The van der Waals surface area contributed by atoms with Gasteiger partial charge in [-0.05, 0) is 42.7 Å². The number of hydrogen-bond acceptors (Lipinski definition) is 4. The van der Waals surface area contributed by atoms with Crippen LogP contribution in [-0.4, -0.2) is 32.7 Å². The van der Waals surface area contributed by atoms with Crippen molar-refractivity contribution in [3.63, 3.8) is 0 Å². The number of rotatable bonds is 5. The zero-order valence-electron chi connectivity index (χ0n) is 14.8. The molecule has 0 aliphatic heterocycles. The highest BCUT2D eigenvalue weighted by Gasteiger charge is 2.23. The van der Waals surface area contributed by atoms with E-state index in [1.165, 1.54) is 0 Å². The van der Waals surface area contributed by atoms with Gasteiger partial charge in [0.15, 0.2) is 0 Å². The summed E-state index contributed by atoms with van der Waals surface area (Å²) in [4.78, 5) is 4.21. The van der Waals surface area contributed by atoms with E-state index in [1.54, 1.807) is 31.4 Å². The number of halogens is 1. The van der Waals surface area contributed by atoms with Crippen LogP contribution < -0.4 is 4.74 Å². The Balaban J connectivity index is 2.06. The van der Waals surface area contributed by atoms with Crippen molar-refractivity contribution in [1.82, 2.24) is 19.3 Å². The van der Waals surface area contributed by atoms with Crippen LogP contribution in [0.3, 0.4) is 0 Å². The summed E-state index contributed by atoms with van der Waals surface area (Å²) < 4.78 is 9.54. The summed E-state index contributed by atoms with van der Waals surface area (Å²) in [5.41, 5.74) is 3.75. The van der Waals surface area contributed by atoms with Crippen LogP contribution in [0, 0.1) is 0 Å². The highest BCUT2D eigenvalue weighted by molar-refractivity contribution is 7.98. The van der Waals surface area contributed by atoms with Crippen molar-refractivity contribution in [3.05, 3.63) is 72.3 Å². The van der Waals surface area contributed by atoms with E-state index in [2.05, 4.69) is 4.98 Å². The second-order valence-electron chi connectivity index (χ2n) is 5.76. The molecule has 136 valence electrons. The first-order valence-corrected chi connectivity index (χ1v) is 9.88. The van der Waals surface area contributed by atoms with Crippen LogP contribution in [0.5, 0.6) is 5.75 Å². The van der Waals surface area contributed by atoms with Gasteiger partial charge in [-0.3, -0.25) is 0 Å². The highest BCUT2D eigenvalue weighted by atomic mass is 35.5. The number of thioether (sulfide) groups is 1. The minimum absolute atomic E-state index is 0.685. The van der Waals surface area contributed by atoms with Crippen LogP contribution in [0.2, 0.25) is 5.02 Å². The molecule has 0 fully saturated rings. The standard InChI is InChI=1S/C20H17ClN4OS/c1-26-17-6-4-3-5-16(17)18-19(24-12-11-22-13-24)20(27-2)23-25(18)15-9-7-14(21)8-10-15/h3-13H,1-2H3. The Morgan fingerprint density at radius 2 is 1.85 bits per heavy atom. The van der Waals surface area contributed by atoms with Gasteiger partial charge in [-0.1, -0.05) is 23.7 Å². The Labute approximate surface area is 166 Å². The van der Waals surface area contributed by atoms with E-state index in [-0.39, 0.29) is 0 Å². The molecule has 0 atom stereocenters. The molecule has 5 nitrogen and oxygen atoms in total. The number of aromatic nitrogens is 4. The molecule has 2 aromatic heterocycles. The summed E-state index contributed by atoms with van der Waals surface area (Å²) in [6, 6.07) is 15.6. The maximum absolute atomic E-state index is 6.08. The molecule has 0 N–H and O–H groups in total. The molecule has 0 amide bonds. The number of para-hydroxylation sites is 1. The lowest BCUT2D eigenvalue weighted by molar-refractivity contribution is 0.416. The molecule has 0 aliphatic rings. The van der Waals surface area contributed by atoms with Gasteiger partial charge in [-0.25, -0.2) is 9.67 Å². The molecule has 27 heavy (non-hydrogen) atoms. The first-order valence-electron chi connectivity index (χ1n) is 8.27. The largest absolute Gasteiger partial charge is 0.496 e. The van der Waals surface area contributed by atoms with Crippen LogP contribution in [0.4, 0.5) is 0 Å². The minimum atomic E-state index is 0.685. The van der Waals surface area contributed by atoms with Crippen LogP contribution in [-0.2, 0) is 0 Å². The molecule has 2 aromatic carbocycles. The molecule has 7 heteroatoms. The molecular formula is C20H17ClN4OS. The summed E-state index contributed by atoms with van der Waals surface area (Å²) in [6.07, 6.45) is 7.47. The van der Waals surface area contributed by atoms with Crippen LogP contribution in [0.15, 0.2) is 72.3 Å². The quantitative estimate of drug-likeness (QED) is 0.440. The van der Waals surface area contributed by atoms with Gasteiger partial charge in [-0.2, -0.15) is 5.10 Å². The average molecular weight is 397 g/mol. The van der Waals surface area contributed by atoms with Gasteiger partial charge in [0.1, 0.15) is 22.2 Å². The van der Waals surface area contributed by atoms with E-state index in [4.69, 9.17) is 21.4 Å². The van der Waals surface area contributed by atoms with Gasteiger partial charge < -0.3 is 9.30 Å². The van der Waals surface area contributed by atoms with Crippen molar-refractivity contribution in [2.45, 2.75) is 5.03 Å². The first kappa shape index (κ1) is 17.7. The third-order valence-corrected chi connectivity index (χ3v) is 5.13. The normalized spacial score (nSPS) is 10.9. The zero-order valence-corrected chi connectivity index (χ0v) is 16.4. The summed E-state index contributed by atoms with van der Waals surface area (Å²) >= 11 is 7.67. The molecule has 0 saturated heterocycles. The van der Waals surface area contributed by atoms with Crippen molar-refractivity contribution in [1.29, 1.82) is 0 Å². The fourth-order valence-corrected chi connectivity index (χ4v) is 3.69. The number of benzene rings is 2. The van der Waals surface area contributed by atoms with E-state index in [1.807, 2.05) is 70.2 Å². The van der Waals surface area contributed by atoms with Crippen molar-refractivity contribution in [3.8, 4) is 28.4 Å². The van der Waals surface area contributed by atoms with Gasteiger partial charge >= 0.3 is 0 Å². The monoisotopic (exact) mass is 396 g/mol. The second kappa shape index (κ2) is 7.50. The van der Waals surface area contributed by atoms with Crippen LogP contribution >= 0.6 is 23.4 Å². The maximum atomic E-state index is 6.08. The Kier molecular flexibility index (Phi) is 4.92. The number of methoxy groups -OCH3 is 1. The number of hydrogen-bond donors (Lipinski definition) is 0. The fourth-order valence-electron chi connectivity index (χ4n) is 3.00. The number of nitrogens with zero attached hydrogens (tertiary/aromatic N) is 4. The predicted octanol–water partition coefficient (Wildman–Crippen LogP) is 5.11. The van der Waals surface area contributed by atoms with E-state index in [9.17, 15) is 0 Å². The highest BCUT2D eigenvalue weighted by Crippen LogP contribution is 2.39. The summed E-state index contributed by atoms with van der Waals surface area (Å²) in [5.74, 6) is 0.779. The second-order valence-corrected chi connectivity index (χ2v) is 7.00. The Morgan fingerprint density at radius 3 is 2.52 bits per heavy atom. The summed E-state index contributed by atoms with van der Waals surface area (Å²) in [5, 5.41) is 6.45. The Morgan fingerprint density at radius 1 is 1.07 bits per heavy atom. The van der Waals surface area contributed by atoms with Crippen LogP contribution in [0.25, 0.3) is 22.6 Å². The summed E-state index contributed by atoms with van der Waals surface area (Å²) in [6.45, 7) is 0. The molecular weight excluding hydrogens is 380 g/mol. The minimum Gasteiger partial charge on any atom is -0.496 e. The smallest absolute Gasteiger partial charge is 0.143 e. The van der Waals surface area contributed by atoms with Crippen molar-refractivity contribution >= 4 is 23.4 Å². The molecule has 0 aliphatic carbocycles. The van der Waals surface area contributed by atoms with Crippen molar-refractivity contribution < 1.29 is 4.74 Å². The third kappa shape index (κ3) is 3.22. The third-order valence-electron chi connectivity index (χ3n) is 4.22. The lowest BCUT2D eigenvalue weighted by Gasteiger charge is -2.13. The zero-order chi connectivity index (χ0) is 18.8. The molecule has 0 saturated carbocycles. The number of ether oxygens (including phenoxy) is 1. The molecule has 0 unspecified atom stereocenters. The van der Waals surface area contributed by atoms with Crippen LogP contribution in [0.1, 0.15) is 0 Å². The predicted molar refractivity (Wildman–Crippen MR) is 109 cm³/mol. The average Bonchev–Trinajstić information content (AvgIpc) is 3.35. The maximum Gasteiger partial charge on any atom is 0.143 e. The van der Waals surface area contributed by atoms with E-state index in [0.717, 1.165) is 33.4 Å². The SMILES string of the molecule is COc1ccccc1-c1c(-n2ccnc2)c(SC)nn1-c1ccc(Cl)cc1. The summed E-state index contributed by atoms with van der Waals surface area (Å²) in [7, 11) is 1.67. The van der Waals surface area contributed by atoms with Gasteiger partial charge in [0, 0.05) is 23.0 Å². The van der Waals surface area contributed by atoms with E-state index < -0.39 is 0 Å². The van der Waals surface area contributed by atoms with Gasteiger partial charge in [0.2, 0.25) is 0 Å². The lowest BCUT2D eigenvalue weighted by Crippen LogP contribution is -2.02. The number of imidazole rings is 1. The Bertz CT molecular complexity index is 1060. The Hall–Kier alpha value is -2.70. The molecule has 0 bridgehead atoms. The topological polar surface area (TPSA) is 44.9 Å². The molecule has 4 aromatic rings. The van der Waals surface area contributed by atoms with Gasteiger partial charge in [0.25, 0.3) is 0 Å².